The Bertz CT molecular complexity index is 3.25. The van der Waals surface area contributed by atoms with Crippen LogP contribution in [0.5, 0.6) is 0 Å². The molecule has 0 bridgehead atoms. The van der Waals surface area contributed by atoms with Crippen LogP contribution in [0.2, 0.25) is 0 Å². The zero-order chi connectivity index (χ0) is 2.71. The number of hydrogen-bond donors (Lipinski definition) is 0. The van der Waals surface area contributed by atoms with Gasteiger partial charge in [0.2, 0.25) is 0 Å². The molecular formula is C3H7Zr. The monoisotopic (exact) mass is 133 g/mol. The molecule has 0 aromatic carbocycles. The molecular weight excluding hydrogens is 127 g/mol. The SMILES string of the molecule is [CH2]CC.[Zr]. The van der Waals surface area contributed by atoms with E-state index in [1.54, 1.807) is 0 Å². The van der Waals surface area contributed by atoms with Crippen molar-refractivity contribution in [1.29, 1.82) is 0 Å². The van der Waals surface area contributed by atoms with Crippen LogP contribution in [-0.2, 0) is 26.2 Å². The summed E-state index contributed by atoms with van der Waals surface area (Å²) in [6.45, 7) is 5.50. The van der Waals surface area contributed by atoms with E-state index in [-0.39, 0.29) is 26.2 Å². The topological polar surface area (TPSA) is 0 Å². The Balaban J connectivity index is 0. The van der Waals surface area contributed by atoms with Crippen molar-refractivity contribution in [3.8, 4) is 0 Å². The van der Waals surface area contributed by atoms with E-state index in [4.69, 9.17) is 0 Å². The third kappa shape index (κ3) is 13.1. The molecule has 0 heterocycles. The molecule has 0 N–H and O–H groups in total. The van der Waals surface area contributed by atoms with Gasteiger partial charge in [-0.3, -0.25) is 0 Å². The fourth-order valence-corrected chi connectivity index (χ4v) is 0. The van der Waals surface area contributed by atoms with Crippen molar-refractivity contribution in [1.82, 2.24) is 0 Å². The van der Waals surface area contributed by atoms with Gasteiger partial charge in [-0.05, 0) is 0 Å². The van der Waals surface area contributed by atoms with E-state index < -0.39 is 0 Å². The van der Waals surface area contributed by atoms with Gasteiger partial charge >= 0.3 is 0 Å². The van der Waals surface area contributed by atoms with Gasteiger partial charge in [-0.1, -0.05) is 20.3 Å². The second-order valence-corrected chi connectivity index (χ2v) is 0.500. The van der Waals surface area contributed by atoms with Crippen LogP contribution >= 0.6 is 0 Å². The van der Waals surface area contributed by atoms with Crippen molar-refractivity contribution in [2.75, 3.05) is 0 Å². The molecule has 0 unspecified atom stereocenters. The predicted molar refractivity (Wildman–Crippen MR) is 15.6 cm³/mol. The van der Waals surface area contributed by atoms with Crippen molar-refractivity contribution >= 4 is 0 Å². The normalized spacial score (nSPS) is 4.50. The smallest absolute Gasteiger partial charge is 0 e. The van der Waals surface area contributed by atoms with Crippen LogP contribution in [0.4, 0.5) is 0 Å². The second kappa shape index (κ2) is 9.10. The maximum Gasteiger partial charge on any atom is 0 e. The number of rotatable bonds is 0. The van der Waals surface area contributed by atoms with Gasteiger partial charge < -0.3 is 0 Å². The molecule has 0 nitrogen and oxygen atoms in total. The van der Waals surface area contributed by atoms with E-state index >= 15 is 0 Å². The Morgan fingerprint density at radius 3 is 1.75 bits per heavy atom. The van der Waals surface area contributed by atoms with Crippen molar-refractivity contribution in [3.05, 3.63) is 6.92 Å². The molecule has 23 valence electrons. The first-order valence-corrected chi connectivity index (χ1v) is 1.21. The molecule has 0 fully saturated rings. The molecule has 0 aliphatic heterocycles. The van der Waals surface area contributed by atoms with Crippen LogP contribution in [0.25, 0.3) is 0 Å². The maximum atomic E-state index is 3.49. The van der Waals surface area contributed by atoms with E-state index in [9.17, 15) is 0 Å². The predicted octanol–water partition coefficient (Wildman–Crippen LogP) is 1.23. The first-order chi connectivity index (χ1) is 1.41. The van der Waals surface area contributed by atoms with E-state index in [1.165, 1.54) is 0 Å². The summed E-state index contributed by atoms with van der Waals surface area (Å²) >= 11 is 0. The summed E-state index contributed by atoms with van der Waals surface area (Å²) in [7, 11) is 0. The Hall–Kier alpha value is 0.883. The van der Waals surface area contributed by atoms with Gasteiger partial charge in [-0.15, -0.1) is 0 Å². The van der Waals surface area contributed by atoms with Crippen LogP contribution in [0.15, 0.2) is 0 Å². The summed E-state index contributed by atoms with van der Waals surface area (Å²) in [5.41, 5.74) is 0. The summed E-state index contributed by atoms with van der Waals surface area (Å²) in [4.78, 5) is 0. The third-order valence-electron chi connectivity index (χ3n) is 0. The first kappa shape index (κ1) is 8.86. The molecule has 4 heavy (non-hydrogen) atoms. The van der Waals surface area contributed by atoms with Gasteiger partial charge in [0.05, 0.1) is 0 Å². The molecule has 1 radical (unpaired) electrons. The molecule has 0 aromatic heterocycles. The van der Waals surface area contributed by atoms with Gasteiger partial charge in [-0.2, -0.15) is 0 Å². The van der Waals surface area contributed by atoms with Crippen LogP contribution < -0.4 is 0 Å². The fraction of sp³-hybridized carbons (Fsp3) is 0.667. The van der Waals surface area contributed by atoms with E-state index in [2.05, 4.69) is 6.92 Å². The minimum Gasteiger partial charge on any atom is -0.0654 e. The summed E-state index contributed by atoms with van der Waals surface area (Å²) < 4.78 is 0. The zero-order valence-electron chi connectivity index (χ0n) is 2.91. The average Bonchev–Trinajstić information content (AvgIpc) is 0.918. The molecule has 0 saturated carbocycles. The van der Waals surface area contributed by atoms with Gasteiger partial charge in [0.1, 0.15) is 0 Å². The molecule has 0 amide bonds. The fourth-order valence-electron chi connectivity index (χ4n) is 0. The number of hydrogen-bond acceptors (Lipinski definition) is 0. The Labute approximate surface area is 46.7 Å². The Morgan fingerprint density at radius 2 is 1.75 bits per heavy atom. The van der Waals surface area contributed by atoms with Gasteiger partial charge in [0.15, 0.2) is 0 Å². The Morgan fingerprint density at radius 1 is 1.75 bits per heavy atom. The van der Waals surface area contributed by atoms with Crippen molar-refractivity contribution in [3.63, 3.8) is 0 Å². The molecule has 0 spiro atoms. The summed E-state index contributed by atoms with van der Waals surface area (Å²) in [6, 6.07) is 0. The molecule has 1 heteroatoms. The third-order valence-corrected chi connectivity index (χ3v) is 0. The van der Waals surface area contributed by atoms with Crippen LogP contribution in [0.3, 0.4) is 0 Å². The van der Waals surface area contributed by atoms with Crippen LogP contribution in [0, 0.1) is 6.92 Å². The molecule has 0 aromatic rings. The molecule has 0 atom stereocenters. The minimum atomic E-state index is 0. The van der Waals surface area contributed by atoms with Crippen molar-refractivity contribution < 1.29 is 26.2 Å². The summed E-state index contributed by atoms with van der Waals surface area (Å²) in [5.74, 6) is 0. The standard InChI is InChI=1S/C3H7.Zr/c1-3-2;/h1,3H2,2H3;. The largest absolute Gasteiger partial charge is 0.0654 e. The summed E-state index contributed by atoms with van der Waals surface area (Å²) in [6.07, 6.45) is 1.00. The van der Waals surface area contributed by atoms with E-state index in [0.717, 1.165) is 6.42 Å². The van der Waals surface area contributed by atoms with Crippen LogP contribution in [-0.4, -0.2) is 0 Å². The van der Waals surface area contributed by atoms with Gasteiger partial charge in [-0.25, -0.2) is 0 Å². The summed E-state index contributed by atoms with van der Waals surface area (Å²) in [5, 5.41) is 0. The molecule has 0 aliphatic rings. The quantitative estimate of drug-likeness (QED) is 0.467. The Kier molecular flexibility index (Phi) is 20.2. The van der Waals surface area contributed by atoms with Crippen molar-refractivity contribution in [2.24, 2.45) is 0 Å². The molecule has 0 rings (SSSR count). The van der Waals surface area contributed by atoms with Gasteiger partial charge in [0, 0.05) is 26.2 Å². The second-order valence-electron chi connectivity index (χ2n) is 0.500. The van der Waals surface area contributed by atoms with Crippen LogP contribution in [0.1, 0.15) is 13.3 Å². The maximum absolute atomic E-state index is 3.49. The molecule has 0 aliphatic carbocycles. The van der Waals surface area contributed by atoms with E-state index in [1.807, 2.05) is 6.92 Å². The van der Waals surface area contributed by atoms with Gasteiger partial charge in [0.25, 0.3) is 0 Å². The zero-order valence-corrected chi connectivity index (χ0v) is 5.37. The molecule has 0 saturated heterocycles. The van der Waals surface area contributed by atoms with Crippen molar-refractivity contribution in [2.45, 2.75) is 13.3 Å². The average molecular weight is 134 g/mol. The minimum absolute atomic E-state index is 0. The first-order valence-electron chi connectivity index (χ1n) is 1.21. The van der Waals surface area contributed by atoms with E-state index in [0.29, 0.717) is 0 Å².